The van der Waals surface area contributed by atoms with Crippen molar-refractivity contribution < 1.29 is 4.79 Å². The number of nitrogens with zero attached hydrogens (tertiary/aromatic N) is 4. The molecule has 8 heteroatoms. The molecule has 0 unspecified atom stereocenters. The Morgan fingerprint density at radius 1 is 1.16 bits per heavy atom. The van der Waals surface area contributed by atoms with E-state index in [9.17, 15) is 4.79 Å². The van der Waals surface area contributed by atoms with Crippen molar-refractivity contribution >= 4 is 23.2 Å². The van der Waals surface area contributed by atoms with E-state index < -0.39 is 0 Å². The van der Waals surface area contributed by atoms with Crippen LogP contribution in [0.15, 0.2) is 36.7 Å². The molecule has 8 nitrogen and oxygen atoms in total. The van der Waals surface area contributed by atoms with Crippen LogP contribution >= 0.6 is 0 Å². The molecule has 2 aromatic rings. The van der Waals surface area contributed by atoms with Crippen LogP contribution in [0.2, 0.25) is 0 Å². The van der Waals surface area contributed by atoms with Gasteiger partial charge in [0.25, 0.3) is 0 Å². The van der Waals surface area contributed by atoms with E-state index in [0.29, 0.717) is 17.3 Å². The highest BCUT2D eigenvalue weighted by Gasteiger charge is 2.19. The second-order valence-corrected chi connectivity index (χ2v) is 6.09. The van der Waals surface area contributed by atoms with Crippen LogP contribution in [0.1, 0.15) is 5.56 Å². The van der Waals surface area contributed by atoms with Gasteiger partial charge in [-0.2, -0.15) is 0 Å². The fourth-order valence-corrected chi connectivity index (χ4v) is 2.71. The van der Waals surface area contributed by atoms with Gasteiger partial charge >= 0.3 is 0 Å². The summed E-state index contributed by atoms with van der Waals surface area (Å²) in [5, 5.41) is 0. The molecule has 0 radical (unpaired) electrons. The van der Waals surface area contributed by atoms with E-state index in [-0.39, 0.29) is 12.3 Å². The maximum atomic E-state index is 12.0. The minimum atomic E-state index is -0.162. The first kappa shape index (κ1) is 17.0. The molecule has 0 bridgehead atoms. The van der Waals surface area contributed by atoms with Crippen molar-refractivity contribution in [2.45, 2.75) is 6.42 Å². The first-order valence-corrected chi connectivity index (χ1v) is 8.26. The predicted molar refractivity (Wildman–Crippen MR) is 98.1 cm³/mol. The van der Waals surface area contributed by atoms with Gasteiger partial charge in [0.1, 0.15) is 12.0 Å². The highest BCUT2D eigenvalue weighted by atomic mass is 16.2. The first-order valence-electron chi connectivity index (χ1n) is 8.26. The van der Waals surface area contributed by atoms with Gasteiger partial charge in [0, 0.05) is 26.2 Å². The molecule has 1 saturated heterocycles. The van der Waals surface area contributed by atoms with E-state index >= 15 is 0 Å². The zero-order chi connectivity index (χ0) is 17.6. The van der Waals surface area contributed by atoms with Crippen molar-refractivity contribution in [3.63, 3.8) is 0 Å². The average molecular weight is 341 g/mol. The summed E-state index contributed by atoms with van der Waals surface area (Å²) in [7, 11) is 2.09. The van der Waals surface area contributed by atoms with Gasteiger partial charge in [-0.05, 0) is 12.6 Å². The SMILES string of the molecule is CN1CCN(c2ncnc(NNC(=O)Cc3ccccc3)c2N)CC1. The van der Waals surface area contributed by atoms with E-state index in [2.05, 4.69) is 37.7 Å². The van der Waals surface area contributed by atoms with Crippen molar-refractivity contribution in [3.05, 3.63) is 42.2 Å². The van der Waals surface area contributed by atoms with Crippen LogP contribution in [-0.4, -0.2) is 54.0 Å². The third-order valence-corrected chi connectivity index (χ3v) is 4.19. The van der Waals surface area contributed by atoms with E-state index in [1.165, 1.54) is 6.33 Å². The van der Waals surface area contributed by atoms with E-state index in [1.807, 2.05) is 30.3 Å². The Bertz CT molecular complexity index is 714. The maximum Gasteiger partial charge on any atom is 0.242 e. The number of hydrogen-bond donors (Lipinski definition) is 3. The van der Waals surface area contributed by atoms with E-state index in [0.717, 1.165) is 31.7 Å². The lowest BCUT2D eigenvalue weighted by Gasteiger charge is -2.33. The number of carbonyl (C=O) groups is 1. The van der Waals surface area contributed by atoms with Crippen LogP contribution in [0.25, 0.3) is 0 Å². The van der Waals surface area contributed by atoms with Gasteiger partial charge in [0.05, 0.1) is 6.42 Å². The predicted octanol–water partition coefficient (Wildman–Crippen LogP) is 0.496. The molecule has 0 aliphatic carbocycles. The Morgan fingerprint density at radius 2 is 1.88 bits per heavy atom. The zero-order valence-corrected chi connectivity index (χ0v) is 14.3. The topological polar surface area (TPSA) is 99.4 Å². The number of rotatable bonds is 5. The van der Waals surface area contributed by atoms with Crippen LogP contribution in [0.5, 0.6) is 0 Å². The molecule has 1 aliphatic heterocycles. The number of nitrogens with two attached hydrogens (primary N) is 1. The normalized spacial score (nSPS) is 15.0. The van der Waals surface area contributed by atoms with Crippen LogP contribution in [0.3, 0.4) is 0 Å². The molecule has 1 aromatic carbocycles. The lowest BCUT2D eigenvalue weighted by Crippen LogP contribution is -2.45. The van der Waals surface area contributed by atoms with Gasteiger partial charge in [0.2, 0.25) is 5.91 Å². The summed E-state index contributed by atoms with van der Waals surface area (Å²) in [4.78, 5) is 24.9. The lowest BCUT2D eigenvalue weighted by atomic mass is 10.1. The van der Waals surface area contributed by atoms with Crippen molar-refractivity contribution in [3.8, 4) is 0 Å². The fourth-order valence-electron chi connectivity index (χ4n) is 2.71. The molecular formula is C17H23N7O. The molecular weight excluding hydrogens is 318 g/mol. The molecule has 1 fully saturated rings. The molecule has 0 atom stereocenters. The van der Waals surface area contributed by atoms with Crippen molar-refractivity contribution in [2.75, 3.05) is 49.3 Å². The van der Waals surface area contributed by atoms with Crippen molar-refractivity contribution in [1.82, 2.24) is 20.3 Å². The van der Waals surface area contributed by atoms with Crippen LogP contribution in [0, 0.1) is 0 Å². The number of benzene rings is 1. The van der Waals surface area contributed by atoms with Crippen molar-refractivity contribution in [2.24, 2.45) is 0 Å². The third kappa shape index (κ3) is 4.36. The largest absolute Gasteiger partial charge is 0.393 e. The van der Waals surface area contributed by atoms with Gasteiger partial charge in [-0.25, -0.2) is 9.97 Å². The minimum Gasteiger partial charge on any atom is -0.393 e. The van der Waals surface area contributed by atoms with Gasteiger partial charge in [0.15, 0.2) is 11.6 Å². The minimum absolute atomic E-state index is 0.162. The highest BCUT2D eigenvalue weighted by Crippen LogP contribution is 2.26. The number of nitrogens with one attached hydrogen (secondary N) is 2. The van der Waals surface area contributed by atoms with Gasteiger partial charge in [-0.1, -0.05) is 30.3 Å². The zero-order valence-electron chi connectivity index (χ0n) is 14.3. The summed E-state index contributed by atoms with van der Waals surface area (Å²) in [6, 6.07) is 9.54. The smallest absolute Gasteiger partial charge is 0.242 e. The highest BCUT2D eigenvalue weighted by molar-refractivity contribution is 5.82. The lowest BCUT2D eigenvalue weighted by molar-refractivity contribution is -0.119. The number of anilines is 3. The molecule has 2 heterocycles. The second-order valence-electron chi connectivity index (χ2n) is 6.09. The molecule has 1 aliphatic rings. The number of piperazine rings is 1. The summed E-state index contributed by atoms with van der Waals surface area (Å²) in [6.45, 7) is 3.63. The number of carbonyl (C=O) groups excluding carboxylic acids is 1. The van der Waals surface area contributed by atoms with Crippen molar-refractivity contribution in [1.29, 1.82) is 0 Å². The van der Waals surface area contributed by atoms with E-state index in [4.69, 9.17) is 5.73 Å². The van der Waals surface area contributed by atoms with Gasteiger partial charge < -0.3 is 15.5 Å². The van der Waals surface area contributed by atoms with Crippen LogP contribution in [0.4, 0.5) is 17.3 Å². The molecule has 25 heavy (non-hydrogen) atoms. The number of hydrogen-bond acceptors (Lipinski definition) is 7. The Morgan fingerprint density at radius 3 is 2.60 bits per heavy atom. The molecule has 0 spiro atoms. The molecule has 3 rings (SSSR count). The van der Waals surface area contributed by atoms with Gasteiger partial charge in [-0.15, -0.1) is 0 Å². The molecule has 1 aromatic heterocycles. The summed E-state index contributed by atoms with van der Waals surface area (Å²) >= 11 is 0. The molecule has 0 saturated carbocycles. The second kappa shape index (κ2) is 7.80. The molecule has 1 amide bonds. The number of nitrogen functional groups attached to an aromatic ring is 1. The quantitative estimate of drug-likeness (QED) is 0.681. The monoisotopic (exact) mass is 341 g/mol. The Kier molecular flexibility index (Phi) is 5.30. The Labute approximate surface area is 147 Å². The fraction of sp³-hybridized carbons (Fsp3) is 0.353. The first-order chi connectivity index (χ1) is 12.1. The number of hydrazine groups is 1. The van der Waals surface area contributed by atoms with E-state index in [1.54, 1.807) is 0 Å². The molecule has 4 N–H and O–H groups in total. The summed E-state index contributed by atoms with van der Waals surface area (Å²) in [6.07, 6.45) is 1.74. The summed E-state index contributed by atoms with van der Waals surface area (Å²) < 4.78 is 0. The average Bonchev–Trinajstić information content (AvgIpc) is 2.63. The standard InChI is InChI=1S/C17H23N7O/c1-23-7-9-24(10-8-23)17-15(18)16(19-12-20-17)22-21-14(25)11-13-5-3-2-4-6-13/h2-6,12H,7-11,18H2,1H3,(H,21,25)(H,19,20,22). The number of likely N-dealkylation sites (N-methyl/N-ethyl adjacent to an activating group) is 1. The van der Waals surface area contributed by atoms with Gasteiger partial charge in [-0.3, -0.25) is 15.6 Å². The summed E-state index contributed by atoms with van der Waals surface area (Å²) in [5.41, 5.74) is 13.0. The molecule has 132 valence electrons. The van der Waals surface area contributed by atoms with Crippen LogP contribution in [-0.2, 0) is 11.2 Å². The number of amides is 1. The third-order valence-electron chi connectivity index (χ3n) is 4.19. The number of aromatic nitrogens is 2. The van der Waals surface area contributed by atoms with Crippen LogP contribution < -0.4 is 21.5 Å². The maximum absolute atomic E-state index is 12.0. The Hall–Kier alpha value is -2.87. The summed E-state index contributed by atoms with van der Waals surface area (Å²) in [5.74, 6) is 0.943. The Balaban J connectivity index is 1.61.